The number of fused-ring (bicyclic) bond motifs is 1. The predicted octanol–water partition coefficient (Wildman–Crippen LogP) is 2.52. The fraction of sp³-hybridized carbons (Fsp3) is 0.286. The van der Waals surface area contributed by atoms with E-state index in [2.05, 4.69) is 25.7 Å². The number of pyridine rings is 1. The van der Waals surface area contributed by atoms with Crippen molar-refractivity contribution in [3.05, 3.63) is 59.8 Å². The number of rotatable bonds is 7. The van der Waals surface area contributed by atoms with E-state index in [0.717, 1.165) is 35.5 Å². The third-order valence-electron chi connectivity index (χ3n) is 5.05. The molecule has 1 aliphatic carbocycles. The molecule has 9 nitrogen and oxygen atoms in total. The second kappa shape index (κ2) is 7.58. The maximum atomic E-state index is 12.3. The lowest BCUT2D eigenvalue weighted by Gasteiger charge is -2.06. The SMILES string of the molecule is COc1cccc(CC(=O)NCc2nnc3cc(-c4nc(C5CC5)no4)ccn23)c1. The van der Waals surface area contributed by atoms with Gasteiger partial charge < -0.3 is 14.6 Å². The van der Waals surface area contributed by atoms with Crippen molar-refractivity contribution in [1.29, 1.82) is 0 Å². The molecule has 0 aliphatic heterocycles. The number of nitrogens with one attached hydrogen (secondary N) is 1. The van der Waals surface area contributed by atoms with Gasteiger partial charge in [-0.15, -0.1) is 10.2 Å². The highest BCUT2D eigenvalue weighted by atomic mass is 16.5. The number of hydrogen-bond donors (Lipinski definition) is 1. The zero-order valence-corrected chi connectivity index (χ0v) is 16.4. The van der Waals surface area contributed by atoms with E-state index in [0.29, 0.717) is 23.3 Å². The molecule has 0 radical (unpaired) electrons. The minimum absolute atomic E-state index is 0.102. The van der Waals surface area contributed by atoms with Gasteiger partial charge in [-0.05, 0) is 42.7 Å². The molecule has 9 heteroatoms. The second-order valence-electron chi connectivity index (χ2n) is 7.30. The molecule has 0 bridgehead atoms. The van der Waals surface area contributed by atoms with Gasteiger partial charge in [0.05, 0.1) is 20.1 Å². The van der Waals surface area contributed by atoms with Gasteiger partial charge in [0.2, 0.25) is 5.91 Å². The van der Waals surface area contributed by atoms with E-state index < -0.39 is 0 Å². The second-order valence-corrected chi connectivity index (χ2v) is 7.30. The van der Waals surface area contributed by atoms with Crippen LogP contribution in [0.25, 0.3) is 17.1 Å². The van der Waals surface area contributed by atoms with Gasteiger partial charge in [0.15, 0.2) is 17.3 Å². The fourth-order valence-corrected chi connectivity index (χ4v) is 3.26. The molecular weight excluding hydrogens is 384 g/mol. The molecule has 3 aromatic heterocycles. The number of hydrogen-bond acceptors (Lipinski definition) is 7. The summed E-state index contributed by atoms with van der Waals surface area (Å²) in [5.41, 5.74) is 2.33. The highest BCUT2D eigenvalue weighted by molar-refractivity contribution is 5.78. The summed E-state index contributed by atoms with van der Waals surface area (Å²) < 4.78 is 12.4. The number of nitrogens with zero attached hydrogens (tertiary/aromatic N) is 5. The normalized spacial score (nSPS) is 13.5. The van der Waals surface area contributed by atoms with Gasteiger partial charge in [0.1, 0.15) is 5.75 Å². The molecule has 1 fully saturated rings. The van der Waals surface area contributed by atoms with Crippen molar-refractivity contribution in [1.82, 2.24) is 30.1 Å². The summed E-state index contributed by atoms with van der Waals surface area (Å²) in [6, 6.07) is 11.2. The summed E-state index contributed by atoms with van der Waals surface area (Å²) in [6.45, 7) is 0.274. The first kappa shape index (κ1) is 18.3. The van der Waals surface area contributed by atoms with Crippen molar-refractivity contribution >= 4 is 11.6 Å². The van der Waals surface area contributed by atoms with Crippen molar-refractivity contribution in [2.75, 3.05) is 7.11 Å². The van der Waals surface area contributed by atoms with Gasteiger partial charge in [-0.3, -0.25) is 9.20 Å². The number of ether oxygens (including phenoxy) is 1. The monoisotopic (exact) mass is 404 g/mol. The molecule has 3 heterocycles. The Morgan fingerprint density at radius 3 is 3.00 bits per heavy atom. The molecule has 0 atom stereocenters. The van der Waals surface area contributed by atoms with Crippen LogP contribution in [-0.4, -0.2) is 37.8 Å². The highest BCUT2D eigenvalue weighted by Crippen LogP contribution is 2.38. The lowest BCUT2D eigenvalue weighted by atomic mass is 10.1. The molecule has 1 N–H and O–H groups in total. The van der Waals surface area contributed by atoms with Crippen LogP contribution in [0.3, 0.4) is 0 Å². The first-order chi connectivity index (χ1) is 14.7. The first-order valence-electron chi connectivity index (χ1n) is 9.77. The van der Waals surface area contributed by atoms with Crippen LogP contribution in [0.15, 0.2) is 47.1 Å². The van der Waals surface area contributed by atoms with E-state index in [-0.39, 0.29) is 18.9 Å². The summed E-state index contributed by atoms with van der Waals surface area (Å²) in [5.74, 6) is 2.95. The van der Waals surface area contributed by atoms with Crippen LogP contribution in [0.2, 0.25) is 0 Å². The Labute approximate surface area is 172 Å². The van der Waals surface area contributed by atoms with Crippen LogP contribution >= 0.6 is 0 Å². The van der Waals surface area contributed by atoms with Gasteiger partial charge in [0.25, 0.3) is 5.89 Å². The lowest BCUT2D eigenvalue weighted by Crippen LogP contribution is -2.25. The van der Waals surface area contributed by atoms with Crippen molar-refractivity contribution in [3.8, 4) is 17.2 Å². The van der Waals surface area contributed by atoms with Crippen LogP contribution in [0.4, 0.5) is 0 Å². The summed E-state index contributed by atoms with van der Waals surface area (Å²) in [5, 5.41) is 15.3. The number of methoxy groups -OCH3 is 1. The standard InChI is InChI=1S/C21H20N6O3/c1-29-16-4-2-3-13(9-16)10-19(28)22-12-18-25-24-17-11-15(7-8-27(17)18)21-23-20(26-30-21)14-5-6-14/h2-4,7-9,11,14H,5-6,10,12H2,1H3,(H,22,28). The fourth-order valence-electron chi connectivity index (χ4n) is 3.26. The number of aromatic nitrogens is 5. The van der Waals surface area contributed by atoms with Gasteiger partial charge in [-0.2, -0.15) is 4.98 Å². The van der Waals surface area contributed by atoms with Gasteiger partial charge in [-0.1, -0.05) is 17.3 Å². The molecular formula is C21H20N6O3. The van der Waals surface area contributed by atoms with Crippen molar-refractivity contribution in [3.63, 3.8) is 0 Å². The topological polar surface area (TPSA) is 107 Å². The molecule has 0 unspecified atom stereocenters. The minimum atomic E-state index is -0.102. The Hall–Kier alpha value is -3.75. The molecule has 0 spiro atoms. The lowest BCUT2D eigenvalue weighted by molar-refractivity contribution is -0.120. The van der Waals surface area contributed by atoms with E-state index in [9.17, 15) is 4.79 Å². The Bertz CT molecular complexity index is 1210. The predicted molar refractivity (Wildman–Crippen MR) is 107 cm³/mol. The third-order valence-corrected chi connectivity index (χ3v) is 5.05. The molecule has 1 aromatic carbocycles. The zero-order valence-electron chi connectivity index (χ0n) is 16.4. The zero-order chi connectivity index (χ0) is 20.5. The largest absolute Gasteiger partial charge is 0.497 e. The third kappa shape index (κ3) is 3.73. The van der Waals surface area contributed by atoms with Crippen LogP contribution in [0.5, 0.6) is 5.75 Å². The molecule has 1 aliphatic rings. The van der Waals surface area contributed by atoms with Crippen LogP contribution in [0.1, 0.15) is 36.0 Å². The van der Waals surface area contributed by atoms with Crippen LogP contribution in [0, 0.1) is 0 Å². The van der Waals surface area contributed by atoms with Crippen molar-refractivity contribution in [2.24, 2.45) is 0 Å². The summed E-state index contributed by atoms with van der Waals surface area (Å²) in [4.78, 5) is 16.8. The number of benzene rings is 1. The smallest absolute Gasteiger partial charge is 0.258 e. The van der Waals surface area contributed by atoms with E-state index in [1.165, 1.54) is 0 Å². The van der Waals surface area contributed by atoms with Gasteiger partial charge >= 0.3 is 0 Å². The Morgan fingerprint density at radius 2 is 2.17 bits per heavy atom. The van der Waals surface area contributed by atoms with E-state index >= 15 is 0 Å². The number of carbonyl (C=O) groups excluding carboxylic acids is 1. The van der Waals surface area contributed by atoms with Crippen molar-refractivity contribution < 1.29 is 14.1 Å². The summed E-state index contributed by atoms with van der Waals surface area (Å²) >= 11 is 0. The highest BCUT2D eigenvalue weighted by Gasteiger charge is 2.29. The van der Waals surface area contributed by atoms with E-state index in [1.807, 2.05) is 47.0 Å². The molecule has 152 valence electrons. The molecule has 0 saturated heterocycles. The summed E-state index contributed by atoms with van der Waals surface area (Å²) in [6.07, 6.45) is 4.35. The maximum absolute atomic E-state index is 12.3. The number of carbonyl (C=O) groups is 1. The van der Waals surface area contributed by atoms with E-state index in [1.54, 1.807) is 7.11 Å². The maximum Gasteiger partial charge on any atom is 0.258 e. The summed E-state index contributed by atoms with van der Waals surface area (Å²) in [7, 11) is 1.60. The van der Waals surface area contributed by atoms with E-state index in [4.69, 9.17) is 9.26 Å². The van der Waals surface area contributed by atoms with Crippen molar-refractivity contribution in [2.45, 2.75) is 31.7 Å². The molecule has 5 rings (SSSR count). The molecule has 4 aromatic rings. The van der Waals surface area contributed by atoms with Crippen LogP contribution < -0.4 is 10.1 Å². The quantitative estimate of drug-likeness (QED) is 0.504. The van der Waals surface area contributed by atoms with Gasteiger partial charge in [-0.25, -0.2) is 0 Å². The Kier molecular flexibility index (Phi) is 4.62. The first-order valence-corrected chi connectivity index (χ1v) is 9.77. The average Bonchev–Trinajstić information content (AvgIpc) is 3.35. The Morgan fingerprint density at radius 1 is 1.27 bits per heavy atom. The molecule has 1 amide bonds. The minimum Gasteiger partial charge on any atom is -0.497 e. The van der Waals surface area contributed by atoms with Crippen LogP contribution in [-0.2, 0) is 17.8 Å². The molecule has 30 heavy (non-hydrogen) atoms. The average molecular weight is 404 g/mol. The number of amides is 1. The van der Waals surface area contributed by atoms with Gasteiger partial charge in [0, 0.05) is 17.7 Å². The Balaban J connectivity index is 1.26. The molecule has 1 saturated carbocycles.